The third-order valence-corrected chi connectivity index (χ3v) is 7.37. The van der Waals surface area contributed by atoms with Crippen molar-refractivity contribution >= 4 is 16.8 Å². The van der Waals surface area contributed by atoms with E-state index in [1.165, 1.54) is 0 Å². The number of carbonyl (C=O) groups excluding carboxylic acids is 1. The van der Waals surface area contributed by atoms with Crippen molar-refractivity contribution in [3.63, 3.8) is 0 Å². The van der Waals surface area contributed by atoms with Gasteiger partial charge in [0.15, 0.2) is 0 Å². The van der Waals surface area contributed by atoms with Gasteiger partial charge in [-0.2, -0.15) is 0 Å². The summed E-state index contributed by atoms with van der Waals surface area (Å²) in [4.78, 5) is 35.1. The van der Waals surface area contributed by atoms with E-state index in [1.54, 1.807) is 4.57 Å². The van der Waals surface area contributed by atoms with Crippen LogP contribution in [0.15, 0.2) is 102 Å². The lowest BCUT2D eigenvalue weighted by molar-refractivity contribution is 0.0640. The van der Waals surface area contributed by atoms with Crippen LogP contribution in [0.25, 0.3) is 16.6 Å². The average molecular weight is 516 g/mol. The summed E-state index contributed by atoms with van der Waals surface area (Å²) in [5, 5.41) is 0.550. The summed E-state index contributed by atoms with van der Waals surface area (Å²) in [6.07, 6.45) is 0.583. The molecule has 1 atom stereocenters. The van der Waals surface area contributed by atoms with Crippen LogP contribution in [0.1, 0.15) is 57.8 Å². The third kappa shape index (κ3) is 5.26. The molecular weight excluding hydrogens is 482 g/mol. The van der Waals surface area contributed by atoms with Crippen LogP contribution >= 0.6 is 0 Å². The van der Waals surface area contributed by atoms with Crippen molar-refractivity contribution in [2.45, 2.75) is 46.7 Å². The van der Waals surface area contributed by atoms with E-state index in [1.807, 2.05) is 123 Å². The van der Waals surface area contributed by atoms with E-state index >= 15 is 0 Å². The summed E-state index contributed by atoms with van der Waals surface area (Å²) in [6, 6.07) is 30.6. The predicted molar refractivity (Wildman–Crippen MR) is 157 cm³/mol. The number of amides is 1. The molecule has 5 nitrogen and oxygen atoms in total. The standard InChI is InChI=1S/C34H33N3O2/c1-5-31(36(22-26-11-7-6-8-12-26)33(38)27-18-15-23(2)16-19-27)32-35-30-14-10-9-13-29(30)34(39)37(32)28-20-17-24(3)25(4)21-28/h6-21,31H,5,22H2,1-4H3. The maximum atomic E-state index is 14.1. The maximum absolute atomic E-state index is 14.1. The van der Waals surface area contributed by atoms with Gasteiger partial charge in [0.25, 0.3) is 11.5 Å². The highest BCUT2D eigenvalue weighted by molar-refractivity contribution is 5.94. The quantitative estimate of drug-likeness (QED) is 0.232. The molecule has 5 aromatic rings. The van der Waals surface area contributed by atoms with E-state index in [0.29, 0.717) is 35.3 Å². The lowest BCUT2D eigenvalue weighted by atomic mass is 10.0. The predicted octanol–water partition coefficient (Wildman–Crippen LogP) is 7.10. The van der Waals surface area contributed by atoms with Crippen molar-refractivity contribution < 1.29 is 4.79 Å². The highest BCUT2D eigenvalue weighted by Gasteiger charge is 2.30. The fourth-order valence-electron chi connectivity index (χ4n) is 5.00. The molecule has 5 rings (SSSR count). The Morgan fingerprint density at radius 2 is 1.54 bits per heavy atom. The molecule has 0 aliphatic heterocycles. The zero-order chi connectivity index (χ0) is 27.5. The summed E-state index contributed by atoms with van der Waals surface area (Å²) >= 11 is 0. The number of para-hydroxylation sites is 1. The SMILES string of the molecule is CCC(c1nc2ccccc2c(=O)n1-c1ccc(C)c(C)c1)N(Cc1ccccc1)C(=O)c1ccc(C)cc1. The van der Waals surface area contributed by atoms with Gasteiger partial charge >= 0.3 is 0 Å². The normalized spacial score (nSPS) is 11.9. The molecule has 0 aliphatic rings. The van der Waals surface area contributed by atoms with Crippen molar-refractivity contribution in [1.82, 2.24) is 14.5 Å². The zero-order valence-electron chi connectivity index (χ0n) is 22.9. The molecule has 0 saturated heterocycles. The van der Waals surface area contributed by atoms with Gasteiger partial charge in [-0.3, -0.25) is 14.2 Å². The Bertz CT molecular complexity index is 1690. The van der Waals surface area contributed by atoms with Crippen LogP contribution in [0, 0.1) is 20.8 Å². The van der Waals surface area contributed by atoms with E-state index in [-0.39, 0.29) is 11.5 Å². The Morgan fingerprint density at radius 1 is 0.846 bits per heavy atom. The first kappa shape index (κ1) is 26.1. The number of aryl methyl sites for hydroxylation is 3. The minimum atomic E-state index is -0.446. The van der Waals surface area contributed by atoms with E-state index in [0.717, 1.165) is 27.9 Å². The molecule has 4 aromatic carbocycles. The Kier molecular flexibility index (Phi) is 7.42. The number of nitrogens with zero attached hydrogens (tertiary/aromatic N) is 3. The molecule has 0 radical (unpaired) electrons. The largest absolute Gasteiger partial charge is 0.324 e. The Hall–Kier alpha value is -4.51. The Balaban J connectivity index is 1.74. The van der Waals surface area contributed by atoms with E-state index < -0.39 is 6.04 Å². The number of carbonyl (C=O) groups is 1. The molecule has 1 heterocycles. The van der Waals surface area contributed by atoms with Crippen LogP contribution < -0.4 is 5.56 Å². The molecule has 1 unspecified atom stereocenters. The molecule has 196 valence electrons. The summed E-state index contributed by atoms with van der Waals surface area (Å²) in [6.45, 7) is 8.53. The molecule has 39 heavy (non-hydrogen) atoms. The van der Waals surface area contributed by atoms with Gasteiger partial charge in [-0.1, -0.05) is 73.2 Å². The monoisotopic (exact) mass is 515 g/mol. The lowest BCUT2D eigenvalue weighted by Gasteiger charge is -2.33. The van der Waals surface area contributed by atoms with E-state index in [9.17, 15) is 9.59 Å². The van der Waals surface area contributed by atoms with Crippen LogP contribution in [0.2, 0.25) is 0 Å². The van der Waals surface area contributed by atoms with Crippen LogP contribution in [0.3, 0.4) is 0 Å². The van der Waals surface area contributed by atoms with Gasteiger partial charge in [0, 0.05) is 12.1 Å². The van der Waals surface area contributed by atoms with Crippen molar-refractivity contribution in [3.8, 4) is 5.69 Å². The number of hydrogen-bond acceptors (Lipinski definition) is 3. The summed E-state index contributed by atoms with van der Waals surface area (Å²) < 4.78 is 1.70. The average Bonchev–Trinajstić information content (AvgIpc) is 2.95. The number of hydrogen-bond donors (Lipinski definition) is 0. The van der Waals surface area contributed by atoms with Crippen molar-refractivity contribution in [2.24, 2.45) is 0 Å². The minimum absolute atomic E-state index is 0.0975. The van der Waals surface area contributed by atoms with Gasteiger partial charge in [-0.25, -0.2) is 4.98 Å². The Morgan fingerprint density at radius 3 is 2.23 bits per heavy atom. The molecule has 1 aromatic heterocycles. The zero-order valence-corrected chi connectivity index (χ0v) is 22.9. The highest BCUT2D eigenvalue weighted by atomic mass is 16.2. The van der Waals surface area contributed by atoms with Crippen molar-refractivity contribution in [2.75, 3.05) is 0 Å². The first-order chi connectivity index (χ1) is 18.9. The fraction of sp³-hybridized carbons (Fsp3) is 0.206. The van der Waals surface area contributed by atoms with Crippen molar-refractivity contribution in [1.29, 1.82) is 0 Å². The van der Waals surface area contributed by atoms with E-state index in [2.05, 4.69) is 6.92 Å². The van der Waals surface area contributed by atoms with Gasteiger partial charge in [0.1, 0.15) is 5.82 Å². The molecule has 0 aliphatic carbocycles. The number of benzene rings is 4. The molecule has 0 saturated carbocycles. The van der Waals surface area contributed by atoms with Crippen LogP contribution in [-0.4, -0.2) is 20.4 Å². The molecular formula is C34H33N3O2. The fourth-order valence-corrected chi connectivity index (χ4v) is 5.00. The molecule has 1 amide bonds. The van der Waals surface area contributed by atoms with Gasteiger partial charge in [0.05, 0.1) is 22.6 Å². The second-order valence-corrected chi connectivity index (χ2v) is 10.1. The van der Waals surface area contributed by atoms with Crippen molar-refractivity contribution in [3.05, 3.63) is 141 Å². The van der Waals surface area contributed by atoms with Gasteiger partial charge < -0.3 is 4.90 Å². The first-order valence-electron chi connectivity index (χ1n) is 13.4. The number of aromatic nitrogens is 2. The smallest absolute Gasteiger partial charge is 0.266 e. The number of fused-ring (bicyclic) bond motifs is 1. The first-order valence-corrected chi connectivity index (χ1v) is 13.4. The summed E-state index contributed by atoms with van der Waals surface area (Å²) in [7, 11) is 0. The molecule has 5 heteroatoms. The van der Waals surface area contributed by atoms with E-state index in [4.69, 9.17) is 4.98 Å². The van der Waals surface area contributed by atoms with Gasteiger partial charge in [0.2, 0.25) is 0 Å². The van der Waals surface area contributed by atoms with Gasteiger partial charge in [-0.15, -0.1) is 0 Å². The van der Waals surface area contributed by atoms with Crippen LogP contribution in [0.4, 0.5) is 0 Å². The lowest BCUT2D eigenvalue weighted by Crippen LogP contribution is -2.38. The third-order valence-electron chi connectivity index (χ3n) is 7.37. The summed E-state index contributed by atoms with van der Waals surface area (Å²) in [5.41, 5.74) is 6.18. The molecule has 0 bridgehead atoms. The second kappa shape index (κ2) is 11.1. The highest BCUT2D eigenvalue weighted by Crippen LogP contribution is 2.29. The number of rotatable bonds is 7. The van der Waals surface area contributed by atoms with Crippen LogP contribution in [0.5, 0.6) is 0 Å². The molecule has 0 N–H and O–H groups in total. The Labute approximate surface area is 229 Å². The summed E-state index contributed by atoms with van der Waals surface area (Å²) in [5.74, 6) is 0.459. The maximum Gasteiger partial charge on any atom is 0.266 e. The van der Waals surface area contributed by atoms with Gasteiger partial charge in [-0.05, 0) is 80.3 Å². The van der Waals surface area contributed by atoms with Crippen LogP contribution in [-0.2, 0) is 6.54 Å². The molecule has 0 fully saturated rings. The topological polar surface area (TPSA) is 55.2 Å². The minimum Gasteiger partial charge on any atom is -0.324 e. The molecule has 0 spiro atoms. The second-order valence-electron chi connectivity index (χ2n) is 10.1.